The zero-order chi connectivity index (χ0) is 18.0. The average molecular weight is 338 g/mol. The standard InChI is InChI=1S/C18H18N4O3/c1-11-6-5-7-14(8-11)25-17-9-16(20-13(3)21-17)22-12(2)15(10-19-22)18(23)24-4/h5-10H,1-4H3. The molecule has 0 unspecified atom stereocenters. The molecule has 0 spiro atoms. The van der Waals surface area contributed by atoms with Crippen LogP contribution in [0, 0.1) is 20.8 Å². The summed E-state index contributed by atoms with van der Waals surface area (Å²) in [6, 6.07) is 9.37. The first-order valence-corrected chi connectivity index (χ1v) is 7.71. The predicted octanol–water partition coefficient (Wildman–Crippen LogP) is 3.17. The van der Waals surface area contributed by atoms with Gasteiger partial charge in [0.05, 0.1) is 19.0 Å². The van der Waals surface area contributed by atoms with Gasteiger partial charge in [0.15, 0.2) is 5.82 Å². The second-order valence-corrected chi connectivity index (χ2v) is 5.58. The fraction of sp³-hybridized carbons (Fsp3) is 0.222. The third kappa shape index (κ3) is 3.50. The summed E-state index contributed by atoms with van der Waals surface area (Å²) in [5.74, 6) is 1.71. The molecule has 0 bridgehead atoms. The van der Waals surface area contributed by atoms with Gasteiger partial charge >= 0.3 is 5.97 Å². The van der Waals surface area contributed by atoms with Crippen LogP contribution in [0.15, 0.2) is 36.5 Å². The van der Waals surface area contributed by atoms with Gasteiger partial charge in [0.1, 0.15) is 17.1 Å². The molecule has 1 aromatic carbocycles. The van der Waals surface area contributed by atoms with Crippen molar-refractivity contribution in [3.05, 3.63) is 59.2 Å². The van der Waals surface area contributed by atoms with Gasteiger partial charge in [-0.25, -0.2) is 14.5 Å². The molecule has 7 nitrogen and oxygen atoms in total. The number of benzene rings is 1. The Kier molecular flexibility index (Phi) is 4.47. The molecule has 0 aliphatic heterocycles. The molecule has 25 heavy (non-hydrogen) atoms. The number of nitrogens with zero attached hydrogens (tertiary/aromatic N) is 4. The topological polar surface area (TPSA) is 79.1 Å². The SMILES string of the molecule is COC(=O)c1cnn(-c2cc(Oc3cccc(C)c3)nc(C)n2)c1C. The summed E-state index contributed by atoms with van der Waals surface area (Å²) in [4.78, 5) is 20.4. The van der Waals surface area contributed by atoms with Crippen LogP contribution < -0.4 is 4.74 Å². The summed E-state index contributed by atoms with van der Waals surface area (Å²) in [5.41, 5.74) is 2.11. The van der Waals surface area contributed by atoms with Crippen molar-refractivity contribution in [2.24, 2.45) is 0 Å². The maximum absolute atomic E-state index is 11.8. The molecule has 7 heteroatoms. The Hall–Kier alpha value is -3.22. The van der Waals surface area contributed by atoms with Crippen LogP contribution >= 0.6 is 0 Å². The second kappa shape index (κ2) is 6.72. The lowest BCUT2D eigenvalue weighted by atomic mass is 10.2. The van der Waals surface area contributed by atoms with Crippen LogP contribution in [0.1, 0.15) is 27.4 Å². The smallest absolute Gasteiger partial charge is 0.341 e. The van der Waals surface area contributed by atoms with E-state index in [1.807, 2.05) is 31.2 Å². The van der Waals surface area contributed by atoms with Crippen LogP contribution in [-0.4, -0.2) is 32.8 Å². The molecule has 3 aromatic rings. The van der Waals surface area contributed by atoms with Crippen LogP contribution in [0.2, 0.25) is 0 Å². The molecule has 0 atom stereocenters. The molecule has 0 saturated heterocycles. The monoisotopic (exact) mass is 338 g/mol. The van der Waals surface area contributed by atoms with E-state index < -0.39 is 5.97 Å². The Balaban J connectivity index is 1.97. The Morgan fingerprint density at radius 2 is 1.92 bits per heavy atom. The highest BCUT2D eigenvalue weighted by molar-refractivity contribution is 5.90. The molecule has 0 radical (unpaired) electrons. The maximum atomic E-state index is 11.8. The van der Waals surface area contributed by atoms with Crippen molar-refractivity contribution in [2.45, 2.75) is 20.8 Å². The molecule has 0 saturated carbocycles. The van der Waals surface area contributed by atoms with Crippen molar-refractivity contribution in [3.63, 3.8) is 0 Å². The fourth-order valence-corrected chi connectivity index (χ4v) is 2.44. The third-order valence-electron chi connectivity index (χ3n) is 3.64. The highest BCUT2D eigenvalue weighted by atomic mass is 16.5. The van der Waals surface area contributed by atoms with Crippen molar-refractivity contribution >= 4 is 5.97 Å². The zero-order valence-electron chi connectivity index (χ0n) is 14.5. The zero-order valence-corrected chi connectivity index (χ0v) is 14.5. The lowest BCUT2D eigenvalue weighted by molar-refractivity contribution is 0.0600. The van der Waals surface area contributed by atoms with Gasteiger partial charge in [-0.15, -0.1) is 0 Å². The van der Waals surface area contributed by atoms with E-state index in [0.29, 0.717) is 34.5 Å². The molecule has 0 N–H and O–H groups in total. The van der Waals surface area contributed by atoms with Gasteiger partial charge in [-0.05, 0) is 38.5 Å². The quantitative estimate of drug-likeness (QED) is 0.680. The van der Waals surface area contributed by atoms with Crippen molar-refractivity contribution < 1.29 is 14.3 Å². The summed E-state index contributed by atoms with van der Waals surface area (Å²) < 4.78 is 12.1. The summed E-state index contributed by atoms with van der Waals surface area (Å²) in [6.45, 7) is 5.54. The normalized spacial score (nSPS) is 10.6. The predicted molar refractivity (Wildman–Crippen MR) is 91.2 cm³/mol. The van der Waals surface area contributed by atoms with Crippen LogP contribution in [-0.2, 0) is 4.74 Å². The molecule has 0 amide bonds. The molecule has 0 fully saturated rings. The number of hydrogen-bond donors (Lipinski definition) is 0. The Morgan fingerprint density at radius 3 is 2.64 bits per heavy atom. The first-order valence-electron chi connectivity index (χ1n) is 7.71. The minimum Gasteiger partial charge on any atom is -0.465 e. The average Bonchev–Trinajstić information content (AvgIpc) is 2.95. The Morgan fingerprint density at radius 1 is 1.12 bits per heavy atom. The van der Waals surface area contributed by atoms with Crippen LogP contribution in [0.3, 0.4) is 0 Å². The fourth-order valence-electron chi connectivity index (χ4n) is 2.44. The summed E-state index contributed by atoms with van der Waals surface area (Å²) in [6.07, 6.45) is 1.46. The molecule has 2 heterocycles. The van der Waals surface area contributed by atoms with Gasteiger partial charge in [-0.3, -0.25) is 0 Å². The molecule has 3 rings (SSSR count). The summed E-state index contributed by atoms with van der Waals surface area (Å²) >= 11 is 0. The van der Waals surface area contributed by atoms with Crippen molar-refractivity contribution in [1.82, 2.24) is 19.7 Å². The summed E-state index contributed by atoms with van der Waals surface area (Å²) in [5, 5.41) is 4.23. The van der Waals surface area contributed by atoms with E-state index in [1.165, 1.54) is 13.3 Å². The number of aromatic nitrogens is 4. The third-order valence-corrected chi connectivity index (χ3v) is 3.64. The van der Waals surface area contributed by atoms with Crippen LogP contribution in [0.25, 0.3) is 5.82 Å². The Bertz CT molecular complexity index is 934. The molecule has 2 aromatic heterocycles. The minimum absolute atomic E-state index is 0.389. The largest absolute Gasteiger partial charge is 0.465 e. The van der Waals surface area contributed by atoms with Crippen LogP contribution in [0.5, 0.6) is 11.6 Å². The van der Waals surface area contributed by atoms with E-state index in [9.17, 15) is 4.79 Å². The van der Waals surface area contributed by atoms with Gasteiger partial charge in [-0.2, -0.15) is 10.1 Å². The van der Waals surface area contributed by atoms with E-state index in [0.717, 1.165) is 5.56 Å². The molecule has 128 valence electrons. The van der Waals surface area contributed by atoms with Crippen LogP contribution in [0.4, 0.5) is 0 Å². The second-order valence-electron chi connectivity index (χ2n) is 5.58. The summed E-state index contributed by atoms with van der Waals surface area (Å²) in [7, 11) is 1.34. The lowest BCUT2D eigenvalue weighted by Crippen LogP contribution is -2.07. The number of carbonyl (C=O) groups is 1. The number of aryl methyl sites for hydroxylation is 2. The lowest BCUT2D eigenvalue weighted by Gasteiger charge is -2.09. The molecule has 0 aliphatic carbocycles. The highest BCUT2D eigenvalue weighted by Gasteiger charge is 2.17. The number of esters is 1. The van der Waals surface area contributed by atoms with Gasteiger partial charge < -0.3 is 9.47 Å². The van der Waals surface area contributed by atoms with E-state index in [4.69, 9.17) is 9.47 Å². The van der Waals surface area contributed by atoms with Gasteiger partial charge in [-0.1, -0.05) is 12.1 Å². The number of hydrogen-bond acceptors (Lipinski definition) is 6. The minimum atomic E-state index is -0.439. The highest BCUT2D eigenvalue weighted by Crippen LogP contribution is 2.23. The van der Waals surface area contributed by atoms with Gasteiger partial charge in [0, 0.05) is 6.07 Å². The molecule has 0 aliphatic rings. The molecular weight excluding hydrogens is 320 g/mol. The van der Waals surface area contributed by atoms with E-state index in [-0.39, 0.29) is 0 Å². The van der Waals surface area contributed by atoms with Crippen molar-refractivity contribution in [2.75, 3.05) is 7.11 Å². The number of rotatable bonds is 4. The first kappa shape index (κ1) is 16.6. The van der Waals surface area contributed by atoms with Crippen molar-refractivity contribution in [3.8, 4) is 17.4 Å². The van der Waals surface area contributed by atoms with Crippen molar-refractivity contribution in [1.29, 1.82) is 0 Å². The van der Waals surface area contributed by atoms with E-state index in [1.54, 1.807) is 24.6 Å². The Labute approximate surface area is 145 Å². The molecular formula is C18H18N4O3. The number of ether oxygens (including phenoxy) is 2. The van der Waals surface area contributed by atoms with Gasteiger partial charge in [0.2, 0.25) is 5.88 Å². The number of methoxy groups -OCH3 is 1. The first-order chi connectivity index (χ1) is 12.0. The maximum Gasteiger partial charge on any atom is 0.341 e. The number of carbonyl (C=O) groups excluding carboxylic acids is 1. The van der Waals surface area contributed by atoms with E-state index in [2.05, 4.69) is 15.1 Å². The van der Waals surface area contributed by atoms with E-state index >= 15 is 0 Å². The van der Waals surface area contributed by atoms with Gasteiger partial charge in [0.25, 0.3) is 0 Å².